The molecule has 0 saturated heterocycles. The van der Waals surface area contributed by atoms with Gasteiger partial charge >= 0.3 is 5.97 Å². The zero-order valence-electron chi connectivity index (χ0n) is 13.5. The fourth-order valence-corrected chi connectivity index (χ4v) is 3.37. The third kappa shape index (κ3) is 5.59. The largest absolute Gasteiger partial charge is 0.481 e. The number of hydrogen-bond acceptors (Lipinski definition) is 5. The number of anilines is 1. The summed E-state index contributed by atoms with van der Waals surface area (Å²) in [6, 6.07) is 4.74. The molecule has 1 unspecified atom stereocenters. The van der Waals surface area contributed by atoms with E-state index in [1.54, 1.807) is 26.0 Å². The van der Waals surface area contributed by atoms with E-state index in [0.717, 1.165) is 4.88 Å². The number of hydrogen-bond donors (Lipinski definition) is 2. The van der Waals surface area contributed by atoms with Gasteiger partial charge in [0.05, 0.1) is 17.1 Å². The lowest BCUT2D eigenvalue weighted by Crippen LogP contribution is -2.30. The van der Waals surface area contributed by atoms with Gasteiger partial charge in [0.25, 0.3) is 5.91 Å². The minimum atomic E-state index is -0.875. The molecule has 1 atom stereocenters. The average molecular weight is 403 g/mol. The Labute approximate surface area is 158 Å². The van der Waals surface area contributed by atoms with Gasteiger partial charge in [-0.25, -0.2) is 4.98 Å². The highest BCUT2D eigenvalue weighted by atomic mass is 35.5. The second kappa shape index (κ2) is 8.51. The number of carbonyl (C=O) groups excluding carboxylic acids is 1. The van der Waals surface area contributed by atoms with Crippen LogP contribution in [0.1, 0.15) is 23.9 Å². The van der Waals surface area contributed by atoms with Crippen LogP contribution in [0.15, 0.2) is 18.2 Å². The molecule has 134 valence electrons. The first-order chi connectivity index (χ1) is 11.8. The van der Waals surface area contributed by atoms with Gasteiger partial charge in [0.15, 0.2) is 11.2 Å². The number of carboxylic acids is 1. The summed E-state index contributed by atoms with van der Waals surface area (Å²) >= 11 is 13.1. The first kappa shape index (κ1) is 19.5. The molecule has 0 aliphatic heterocycles. The highest BCUT2D eigenvalue weighted by Gasteiger charge is 2.19. The van der Waals surface area contributed by atoms with Gasteiger partial charge in [0, 0.05) is 9.90 Å². The van der Waals surface area contributed by atoms with E-state index in [1.165, 1.54) is 17.4 Å². The summed E-state index contributed by atoms with van der Waals surface area (Å²) in [7, 11) is 0. The molecule has 1 aromatic carbocycles. The fraction of sp³-hybridized carbons (Fsp3) is 0.312. The number of nitrogens with zero attached hydrogens (tertiary/aromatic N) is 1. The number of amides is 1. The van der Waals surface area contributed by atoms with Crippen molar-refractivity contribution < 1.29 is 19.4 Å². The summed E-state index contributed by atoms with van der Waals surface area (Å²) in [6.45, 7) is 3.36. The van der Waals surface area contributed by atoms with Crippen molar-refractivity contribution in [2.45, 2.75) is 32.8 Å². The van der Waals surface area contributed by atoms with Crippen molar-refractivity contribution in [2.75, 3.05) is 5.32 Å². The Hall–Kier alpha value is -1.83. The van der Waals surface area contributed by atoms with Crippen molar-refractivity contribution in [3.63, 3.8) is 0 Å². The molecule has 1 heterocycles. The number of aromatic nitrogens is 1. The van der Waals surface area contributed by atoms with E-state index in [1.807, 2.05) is 0 Å². The highest BCUT2D eigenvalue weighted by molar-refractivity contribution is 7.15. The molecule has 0 radical (unpaired) electrons. The van der Waals surface area contributed by atoms with Crippen molar-refractivity contribution in [3.05, 3.63) is 38.8 Å². The Bertz CT molecular complexity index is 794. The van der Waals surface area contributed by atoms with Crippen LogP contribution in [0.2, 0.25) is 10.0 Å². The van der Waals surface area contributed by atoms with E-state index in [9.17, 15) is 9.59 Å². The summed E-state index contributed by atoms with van der Waals surface area (Å²) in [6.07, 6.45) is -0.406. The molecule has 6 nitrogen and oxygen atoms in total. The van der Waals surface area contributed by atoms with Crippen molar-refractivity contribution >= 4 is 51.5 Å². The van der Waals surface area contributed by atoms with Gasteiger partial charge in [-0.3, -0.25) is 14.9 Å². The number of nitrogens with one attached hydrogen (secondary N) is 1. The van der Waals surface area contributed by atoms with E-state index < -0.39 is 12.1 Å². The van der Waals surface area contributed by atoms with Crippen molar-refractivity contribution in [3.8, 4) is 5.75 Å². The van der Waals surface area contributed by atoms with Crippen molar-refractivity contribution in [1.29, 1.82) is 0 Å². The lowest BCUT2D eigenvalue weighted by molar-refractivity contribution is -0.137. The van der Waals surface area contributed by atoms with Crippen LogP contribution >= 0.6 is 34.5 Å². The zero-order valence-corrected chi connectivity index (χ0v) is 15.8. The Balaban J connectivity index is 1.99. The van der Waals surface area contributed by atoms with Crippen LogP contribution in [0.5, 0.6) is 5.75 Å². The molecule has 2 aromatic rings. The lowest BCUT2D eigenvalue weighted by atomic mass is 10.2. The van der Waals surface area contributed by atoms with Gasteiger partial charge in [0.1, 0.15) is 5.75 Å². The van der Waals surface area contributed by atoms with Gasteiger partial charge in [-0.05, 0) is 38.5 Å². The van der Waals surface area contributed by atoms with Gasteiger partial charge in [-0.2, -0.15) is 0 Å². The van der Waals surface area contributed by atoms with Crippen LogP contribution in [0.3, 0.4) is 0 Å². The fourth-order valence-electron chi connectivity index (χ4n) is 1.96. The van der Waals surface area contributed by atoms with E-state index >= 15 is 0 Å². The maximum absolute atomic E-state index is 12.2. The summed E-state index contributed by atoms with van der Waals surface area (Å²) in [5.74, 6) is -0.906. The molecule has 0 aliphatic carbocycles. The van der Waals surface area contributed by atoms with E-state index in [0.29, 0.717) is 33.0 Å². The van der Waals surface area contributed by atoms with Crippen LogP contribution in [-0.2, 0) is 16.0 Å². The summed E-state index contributed by atoms with van der Waals surface area (Å²) in [5, 5.41) is 12.6. The van der Waals surface area contributed by atoms with Crippen LogP contribution < -0.4 is 10.1 Å². The average Bonchev–Trinajstić information content (AvgIpc) is 2.87. The molecule has 0 fully saturated rings. The topological polar surface area (TPSA) is 88.5 Å². The van der Waals surface area contributed by atoms with E-state index in [-0.39, 0.29) is 12.3 Å². The van der Waals surface area contributed by atoms with Crippen LogP contribution in [-0.4, -0.2) is 28.1 Å². The molecular formula is C16H16Cl2N2O4S. The second-order valence-electron chi connectivity index (χ2n) is 5.25. The van der Waals surface area contributed by atoms with E-state index in [4.69, 9.17) is 33.0 Å². The summed E-state index contributed by atoms with van der Waals surface area (Å²) in [5.41, 5.74) is 0.705. The Morgan fingerprint density at radius 2 is 2.12 bits per heavy atom. The molecule has 0 spiro atoms. The predicted molar refractivity (Wildman–Crippen MR) is 98.0 cm³/mol. The van der Waals surface area contributed by atoms with E-state index in [2.05, 4.69) is 10.3 Å². The number of carboxylic acid groups (broad SMARTS) is 1. The number of aliphatic carboxylic acids is 1. The first-order valence-electron chi connectivity index (χ1n) is 7.37. The van der Waals surface area contributed by atoms with Crippen molar-refractivity contribution in [1.82, 2.24) is 4.98 Å². The number of carbonyl (C=O) groups is 2. The quantitative estimate of drug-likeness (QED) is 0.724. The molecule has 0 aliphatic rings. The van der Waals surface area contributed by atoms with Gasteiger partial charge < -0.3 is 9.84 Å². The van der Waals surface area contributed by atoms with Crippen LogP contribution in [0, 0.1) is 6.92 Å². The van der Waals surface area contributed by atoms with Gasteiger partial charge in [-0.15, -0.1) is 11.3 Å². The minimum Gasteiger partial charge on any atom is -0.481 e. The molecule has 0 bridgehead atoms. The molecule has 2 N–H and O–H groups in total. The maximum atomic E-state index is 12.2. The number of aryl methyl sites for hydroxylation is 2. The third-order valence-corrected chi connectivity index (χ3v) is 4.92. The monoisotopic (exact) mass is 402 g/mol. The molecule has 1 aromatic heterocycles. The molecule has 0 saturated carbocycles. The Morgan fingerprint density at radius 3 is 2.76 bits per heavy atom. The standard InChI is InChI=1S/C16H16Cl2N2O4S/c1-8-13(5-6-14(21)22)25-16(19-8)20-15(23)9(2)24-12-4-3-10(17)7-11(12)18/h3-4,7,9H,5-6H2,1-2H3,(H,21,22)(H,19,20,23). The number of benzene rings is 1. The normalized spacial score (nSPS) is 11.8. The first-order valence-corrected chi connectivity index (χ1v) is 8.94. The number of ether oxygens (including phenoxy) is 1. The summed E-state index contributed by atoms with van der Waals surface area (Å²) < 4.78 is 5.55. The van der Waals surface area contributed by atoms with Crippen LogP contribution in [0.25, 0.3) is 0 Å². The molecule has 2 rings (SSSR count). The number of thiazole rings is 1. The maximum Gasteiger partial charge on any atom is 0.303 e. The summed E-state index contributed by atoms with van der Waals surface area (Å²) in [4.78, 5) is 28.0. The predicted octanol–water partition coefficient (Wildman–Crippen LogP) is 4.18. The van der Waals surface area contributed by atoms with Crippen molar-refractivity contribution in [2.24, 2.45) is 0 Å². The van der Waals surface area contributed by atoms with Gasteiger partial charge in [0.2, 0.25) is 0 Å². The Kier molecular flexibility index (Phi) is 6.64. The zero-order chi connectivity index (χ0) is 18.6. The lowest BCUT2D eigenvalue weighted by Gasteiger charge is -2.14. The molecule has 25 heavy (non-hydrogen) atoms. The highest BCUT2D eigenvalue weighted by Crippen LogP contribution is 2.29. The van der Waals surface area contributed by atoms with Gasteiger partial charge in [-0.1, -0.05) is 23.2 Å². The SMILES string of the molecule is Cc1nc(NC(=O)C(C)Oc2ccc(Cl)cc2Cl)sc1CCC(=O)O. The minimum absolute atomic E-state index is 0.0188. The van der Waals surface area contributed by atoms with Crippen LogP contribution in [0.4, 0.5) is 5.13 Å². The smallest absolute Gasteiger partial charge is 0.303 e. The number of rotatable bonds is 7. The number of halogens is 2. The molecule has 1 amide bonds. The second-order valence-corrected chi connectivity index (χ2v) is 7.17. The Morgan fingerprint density at radius 1 is 1.40 bits per heavy atom. The molecule has 9 heteroatoms. The molecular weight excluding hydrogens is 387 g/mol. The third-order valence-electron chi connectivity index (χ3n) is 3.26.